The molecule has 4 rings (SSSR count). The van der Waals surface area contributed by atoms with Crippen LogP contribution in [0.5, 0.6) is 0 Å². The molecular formula is C28H32N2O2. The highest BCUT2D eigenvalue weighted by molar-refractivity contribution is 5.92. The molecule has 2 fully saturated rings. The lowest BCUT2D eigenvalue weighted by molar-refractivity contribution is -0.142. The van der Waals surface area contributed by atoms with Crippen LogP contribution in [-0.4, -0.2) is 29.2 Å². The molecule has 2 aromatic rings. The zero-order valence-electron chi connectivity index (χ0n) is 18.9. The fourth-order valence-electron chi connectivity index (χ4n) is 5.54. The van der Waals surface area contributed by atoms with Crippen LogP contribution in [0.4, 0.5) is 0 Å². The summed E-state index contributed by atoms with van der Waals surface area (Å²) in [6.45, 7) is 2.88. The van der Waals surface area contributed by atoms with Crippen LogP contribution in [0.15, 0.2) is 54.6 Å². The number of nitriles is 1. The Bertz CT molecular complexity index is 969. The topological polar surface area (TPSA) is 61.2 Å². The molecule has 1 amide bonds. The summed E-state index contributed by atoms with van der Waals surface area (Å²) >= 11 is 0. The smallest absolute Gasteiger partial charge is 0.226 e. The summed E-state index contributed by atoms with van der Waals surface area (Å²) in [5.74, 6) is 1.10. The maximum Gasteiger partial charge on any atom is 0.226 e. The third-order valence-electron chi connectivity index (χ3n) is 7.47. The number of likely N-dealkylation sites (tertiary alicyclic amines) is 1. The molecule has 32 heavy (non-hydrogen) atoms. The largest absolute Gasteiger partial charge is 0.332 e. The lowest BCUT2D eigenvalue weighted by atomic mass is 9.80. The molecule has 2 aromatic carbocycles. The third-order valence-corrected chi connectivity index (χ3v) is 7.47. The van der Waals surface area contributed by atoms with Crippen molar-refractivity contribution in [1.29, 1.82) is 5.26 Å². The molecule has 0 unspecified atom stereocenters. The zero-order valence-corrected chi connectivity index (χ0v) is 18.9. The van der Waals surface area contributed by atoms with Gasteiger partial charge in [0.15, 0.2) is 5.78 Å². The van der Waals surface area contributed by atoms with E-state index in [2.05, 4.69) is 25.1 Å². The van der Waals surface area contributed by atoms with E-state index in [0.717, 1.165) is 49.1 Å². The average Bonchev–Trinajstić information content (AvgIpc) is 3.30. The van der Waals surface area contributed by atoms with Gasteiger partial charge in [-0.3, -0.25) is 9.59 Å². The number of hydrogen-bond acceptors (Lipinski definition) is 3. The molecule has 2 aliphatic rings. The average molecular weight is 429 g/mol. The van der Waals surface area contributed by atoms with Gasteiger partial charge in [0, 0.05) is 24.8 Å². The molecule has 0 spiro atoms. The summed E-state index contributed by atoms with van der Waals surface area (Å²) in [7, 11) is 0. The molecule has 1 saturated carbocycles. The molecule has 0 aromatic heterocycles. The number of hydrogen-bond donors (Lipinski definition) is 0. The first kappa shape index (κ1) is 22.3. The van der Waals surface area contributed by atoms with E-state index < -0.39 is 6.04 Å². The summed E-state index contributed by atoms with van der Waals surface area (Å²) in [4.78, 5) is 29.1. The molecule has 4 nitrogen and oxygen atoms in total. The van der Waals surface area contributed by atoms with Crippen LogP contribution in [0.1, 0.15) is 68.1 Å². The first-order valence-corrected chi connectivity index (χ1v) is 12.0. The number of rotatable bonds is 6. The van der Waals surface area contributed by atoms with Crippen LogP contribution in [-0.2, 0) is 16.0 Å². The Morgan fingerprint density at radius 1 is 0.969 bits per heavy atom. The van der Waals surface area contributed by atoms with Gasteiger partial charge < -0.3 is 4.90 Å². The standard InChI is InChI=1S/C28H32N2O2/c1-2-20-12-14-24(15-13-20)28(32)30-17-16-25(23-6-4-3-5-7-23)27(30)26(31)18-21-8-10-22(19-29)11-9-21/h3-11,20,24-25,27H,2,12-18H2,1H3/t20?,24?,25-,27-/m0/s1. The lowest BCUT2D eigenvalue weighted by Crippen LogP contribution is -2.46. The maximum absolute atomic E-state index is 13.6. The second-order valence-corrected chi connectivity index (χ2v) is 9.36. The van der Waals surface area contributed by atoms with Crippen molar-refractivity contribution in [2.24, 2.45) is 11.8 Å². The van der Waals surface area contributed by atoms with Crippen LogP contribution < -0.4 is 0 Å². The van der Waals surface area contributed by atoms with E-state index in [0.29, 0.717) is 12.1 Å². The van der Waals surface area contributed by atoms with Crippen LogP contribution in [0.2, 0.25) is 0 Å². The number of benzene rings is 2. The molecule has 2 atom stereocenters. The predicted molar refractivity (Wildman–Crippen MR) is 125 cm³/mol. The summed E-state index contributed by atoms with van der Waals surface area (Å²) < 4.78 is 0. The minimum absolute atomic E-state index is 0.0398. The minimum Gasteiger partial charge on any atom is -0.332 e. The summed E-state index contributed by atoms with van der Waals surface area (Å²) in [6.07, 6.45) is 6.42. The number of amides is 1. The van der Waals surface area contributed by atoms with Crippen molar-refractivity contribution in [3.8, 4) is 6.07 Å². The number of nitrogens with zero attached hydrogens (tertiary/aromatic N) is 2. The van der Waals surface area contributed by atoms with Crippen molar-refractivity contribution >= 4 is 11.7 Å². The van der Waals surface area contributed by atoms with Crippen LogP contribution in [0.25, 0.3) is 0 Å². The molecular weight excluding hydrogens is 396 g/mol. The van der Waals surface area contributed by atoms with E-state index in [1.807, 2.05) is 35.2 Å². The Kier molecular flexibility index (Phi) is 7.05. The Balaban J connectivity index is 1.55. The molecule has 0 radical (unpaired) electrons. The van der Waals surface area contributed by atoms with E-state index in [-0.39, 0.29) is 29.9 Å². The fraction of sp³-hybridized carbons (Fsp3) is 0.464. The van der Waals surface area contributed by atoms with Crippen LogP contribution in [0, 0.1) is 23.2 Å². The van der Waals surface area contributed by atoms with Crippen molar-refractivity contribution in [2.45, 2.75) is 63.8 Å². The van der Waals surface area contributed by atoms with Crippen LogP contribution in [0.3, 0.4) is 0 Å². The van der Waals surface area contributed by atoms with Crippen molar-refractivity contribution in [1.82, 2.24) is 4.90 Å². The zero-order chi connectivity index (χ0) is 22.5. The van der Waals surface area contributed by atoms with E-state index in [1.165, 1.54) is 6.42 Å². The lowest BCUT2D eigenvalue weighted by Gasteiger charge is -2.33. The minimum atomic E-state index is -0.413. The number of Topliss-reactive ketones (excluding diaryl/α,β-unsaturated/α-hetero) is 1. The number of carbonyl (C=O) groups is 2. The first-order chi connectivity index (χ1) is 15.6. The third kappa shape index (κ3) is 4.78. The Morgan fingerprint density at radius 2 is 1.66 bits per heavy atom. The van der Waals surface area contributed by atoms with E-state index in [9.17, 15) is 9.59 Å². The summed E-state index contributed by atoms with van der Waals surface area (Å²) in [5.41, 5.74) is 2.61. The molecule has 0 bridgehead atoms. The fourth-order valence-corrected chi connectivity index (χ4v) is 5.54. The van der Waals surface area contributed by atoms with Gasteiger partial charge in [0.1, 0.15) is 0 Å². The van der Waals surface area contributed by atoms with Crippen molar-refractivity contribution < 1.29 is 9.59 Å². The summed E-state index contributed by atoms with van der Waals surface area (Å²) in [6, 6.07) is 19.1. The SMILES string of the molecule is CCC1CCC(C(=O)N2CC[C@@H](c3ccccc3)[C@H]2C(=O)Cc2ccc(C#N)cc2)CC1. The molecule has 0 N–H and O–H groups in total. The predicted octanol–water partition coefficient (Wildman–Crippen LogP) is 5.27. The van der Waals surface area contributed by atoms with E-state index >= 15 is 0 Å². The van der Waals surface area contributed by atoms with Gasteiger partial charge in [-0.25, -0.2) is 0 Å². The maximum atomic E-state index is 13.6. The number of ketones is 1. The Morgan fingerprint density at radius 3 is 2.28 bits per heavy atom. The molecule has 1 aliphatic carbocycles. The van der Waals surface area contributed by atoms with Gasteiger partial charge in [0.2, 0.25) is 5.91 Å². The van der Waals surface area contributed by atoms with Gasteiger partial charge in [-0.05, 0) is 61.3 Å². The molecule has 166 valence electrons. The molecule has 1 saturated heterocycles. The quantitative estimate of drug-likeness (QED) is 0.630. The number of carbonyl (C=O) groups excluding carboxylic acids is 2. The molecule has 1 heterocycles. The van der Waals surface area contributed by atoms with Gasteiger partial charge in [0.05, 0.1) is 17.7 Å². The first-order valence-electron chi connectivity index (χ1n) is 12.0. The van der Waals surface area contributed by atoms with Crippen LogP contribution >= 0.6 is 0 Å². The second-order valence-electron chi connectivity index (χ2n) is 9.36. The van der Waals surface area contributed by atoms with Gasteiger partial charge >= 0.3 is 0 Å². The summed E-state index contributed by atoms with van der Waals surface area (Å²) in [5, 5.41) is 9.03. The van der Waals surface area contributed by atoms with Gasteiger partial charge in [-0.1, -0.05) is 55.8 Å². The van der Waals surface area contributed by atoms with Gasteiger partial charge in [0.25, 0.3) is 0 Å². The van der Waals surface area contributed by atoms with Crippen molar-refractivity contribution in [3.63, 3.8) is 0 Å². The van der Waals surface area contributed by atoms with Gasteiger partial charge in [-0.2, -0.15) is 5.26 Å². The van der Waals surface area contributed by atoms with E-state index in [4.69, 9.17) is 5.26 Å². The Hall–Kier alpha value is -2.93. The van der Waals surface area contributed by atoms with Crippen molar-refractivity contribution in [3.05, 3.63) is 71.3 Å². The highest BCUT2D eigenvalue weighted by atomic mass is 16.2. The molecule has 4 heteroatoms. The van der Waals surface area contributed by atoms with Gasteiger partial charge in [-0.15, -0.1) is 0 Å². The molecule has 1 aliphatic heterocycles. The Labute approximate surface area is 191 Å². The monoisotopic (exact) mass is 428 g/mol. The highest BCUT2D eigenvalue weighted by Gasteiger charge is 2.44. The second kappa shape index (κ2) is 10.1. The normalized spacial score (nSPS) is 25.3. The van der Waals surface area contributed by atoms with Crippen molar-refractivity contribution in [2.75, 3.05) is 6.54 Å². The highest BCUT2D eigenvalue weighted by Crippen LogP contribution is 2.38. The van der Waals surface area contributed by atoms with E-state index in [1.54, 1.807) is 12.1 Å².